The fourth-order valence-electron chi connectivity index (χ4n) is 2.85. The van der Waals surface area contributed by atoms with E-state index < -0.39 is 11.9 Å². The number of carbonyl (C=O) groups is 2. The maximum absolute atomic E-state index is 12.5. The Balaban J connectivity index is 1.58. The van der Waals surface area contributed by atoms with E-state index in [2.05, 4.69) is 4.98 Å². The summed E-state index contributed by atoms with van der Waals surface area (Å²) >= 11 is 0. The van der Waals surface area contributed by atoms with E-state index in [1.54, 1.807) is 18.0 Å². The lowest BCUT2D eigenvalue weighted by molar-refractivity contribution is -0.143. The van der Waals surface area contributed by atoms with Gasteiger partial charge in [0.15, 0.2) is 11.7 Å². The molecule has 0 bridgehead atoms. The van der Waals surface area contributed by atoms with E-state index in [1.165, 1.54) is 5.56 Å². The summed E-state index contributed by atoms with van der Waals surface area (Å²) in [5.74, 6) is -0.258. The summed E-state index contributed by atoms with van der Waals surface area (Å²) in [6.45, 7) is 3.92. The highest BCUT2D eigenvalue weighted by Gasteiger charge is 2.34. The fraction of sp³-hybridized carbons (Fsp3) is 0.450. The molecule has 1 aromatic heterocycles. The molecule has 1 unspecified atom stereocenters. The van der Waals surface area contributed by atoms with Crippen LogP contribution in [0.1, 0.15) is 37.6 Å². The summed E-state index contributed by atoms with van der Waals surface area (Å²) in [6, 6.07) is 8.17. The largest absolute Gasteiger partial charge is 0.481 e. The first-order valence-corrected chi connectivity index (χ1v) is 8.98. The Labute approximate surface area is 152 Å². The molecule has 1 aromatic carbocycles. The number of amides is 1. The lowest BCUT2D eigenvalue weighted by Gasteiger charge is -2.24. The van der Waals surface area contributed by atoms with Crippen molar-refractivity contribution < 1.29 is 19.1 Å². The first kappa shape index (κ1) is 18.2. The molecule has 1 atom stereocenters. The average Bonchev–Trinajstić information content (AvgIpc) is 3.35. The maximum atomic E-state index is 12.5. The minimum absolute atomic E-state index is 0.0318. The van der Waals surface area contributed by atoms with Gasteiger partial charge in [-0.3, -0.25) is 9.59 Å². The zero-order valence-corrected chi connectivity index (χ0v) is 15.1. The zero-order chi connectivity index (χ0) is 18.7. The minimum Gasteiger partial charge on any atom is -0.481 e. The van der Waals surface area contributed by atoms with Gasteiger partial charge in [-0.15, -0.1) is 0 Å². The number of aliphatic carboxylic acids is 1. The minimum atomic E-state index is -0.876. The number of carboxylic acids is 1. The summed E-state index contributed by atoms with van der Waals surface area (Å²) < 4.78 is 5.76. The van der Waals surface area contributed by atoms with Crippen LogP contribution >= 0.6 is 0 Å². The zero-order valence-electron chi connectivity index (χ0n) is 15.1. The van der Waals surface area contributed by atoms with E-state index in [-0.39, 0.29) is 24.9 Å². The lowest BCUT2D eigenvalue weighted by atomic mass is 10.1. The van der Waals surface area contributed by atoms with Crippen molar-refractivity contribution in [2.75, 3.05) is 6.54 Å². The molecule has 2 aromatic rings. The van der Waals surface area contributed by atoms with E-state index in [9.17, 15) is 9.59 Å². The first-order valence-electron chi connectivity index (χ1n) is 8.98. The third-order valence-electron chi connectivity index (χ3n) is 4.64. The molecule has 0 radical (unpaired) electrons. The Morgan fingerprint density at radius 3 is 2.62 bits per heavy atom. The van der Waals surface area contributed by atoms with Crippen molar-refractivity contribution in [3.05, 3.63) is 41.9 Å². The highest BCUT2D eigenvalue weighted by Crippen LogP contribution is 2.28. The second kappa shape index (κ2) is 7.72. The molecule has 1 aliphatic rings. The molecule has 1 saturated carbocycles. The SMILES string of the molecule is Cc1ccc(-c2cnc(CCC(=O)N(CC(C)C(=O)O)C3CC3)o2)cc1. The van der Waals surface area contributed by atoms with Gasteiger partial charge in [0, 0.05) is 31.0 Å². The van der Waals surface area contributed by atoms with Gasteiger partial charge in [-0.05, 0) is 19.8 Å². The molecule has 6 nitrogen and oxygen atoms in total. The van der Waals surface area contributed by atoms with Crippen LogP contribution < -0.4 is 0 Å². The molecule has 26 heavy (non-hydrogen) atoms. The molecule has 0 spiro atoms. The number of nitrogens with zero attached hydrogens (tertiary/aromatic N) is 2. The van der Waals surface area contributed by atoms with Gasteiger partial charge >= 0.3 is 5.97 Å². The summed E-state index contributed by atoms with van der Waals surface area (Å²) in [6.07, 6.45) is 4.27. The monoisotopic (exact) mass is 356 g/mol. The Bertz CT molecular complexity index is 777. The van der Waals surface area contributed by atoms with Crippen LogP contribution in [-0.2, 0) is 16.0 Å². The highest BCUT2D eigenvalue weighted by molar-refractivity contribution is 5.78. The van der Waals surface area contributed by atoms with Crippen molar-refractivity contribution in [1.29, 1.82) is 0 Å². The molecule has 0 aliphatic heterocycles. The summed E-state index contributed by atoms with van der Waals surface area (Å²) in [5.41, 5.74) is 2.13. The molecule has 1 N–H and O–H groups in total. The molecule has 1 fully saturated rings. The summed E-state index contributed by atoms with van der Waals surface area (Å²) in [4.78, 5) is 29.6. The standard InChI is InChI=1S/C20H24N2O4/c1-13-3-5-15(6-4-13)17-11-21-18(26-17)9-10-19(23)22(16-7-8-16)12-14(2)20(24)25/h3-6,11,14,16H,7-10,12H2,1-2H3,(H,24,25). The number of hydrogen-bond acceptors (Lipinski definition) is 4. The summed E-state index contributed by atoms with van der Waals surface area (Å²) in [5, 5.41) is 9.09. The van der Waals surface area contributed by atoms with Crippen molar-refractivity contribution in [3.8, 4) is 11.3 Å². The van der Waals surface area contributed by atoms with Crippen LogP contribution in [0.2, 0.25) is 0 Å². The van der Waals surface area contributed by atoms with Crippen molar-refractivity contribution in [3.63, 3.8) is 0 Å². The number of rotatable bonds is 8. The Morgan fingerprint density at radius 2 is 2.00 bits per heavy atom. The maximum Gasteiger partial charge on any atom is 0.308 e. The third kappa shape index (κ3) is 4.50. The topological polar surface area (TPSA) is 83.6 Å². The Kier molecular flexibility index (Phi) is 5.40. The normalized spacial score (nSPS) is 14.8. The number of aromatic nitrogens is 1. The van der Waals surface area contributed by atoms with Gasteiger partial charge in [-0.25, -0.2) is 4.98 Å². The van der Waals surface area contributed by atoms with Gasteiger partial charge in [-0.2, -0.15) is 0 Å². The van der Waals surface area contributed by atoms with Crippen LogP contribution in [0.5, 0.6) is 0 Å². The number of aryl methyl sites for hydroxylation is 2. The number of carbonyl (C=O) groups excluding carboxylic acids is 1. The van der Waals surface area contributed by atoms with Gasteiger partial charge in [0.2, 0.25) is 5.91 Å². The summed E-state index contributed by atoms with van der Waals surface area (Å²) in [7, 11) is 0. The second-order valence-corrected chi connectivity index (χ2v) is 7.00. The van der Waals surface area contributed by atoms with Crippen LogP contribution in [0.25, 0.3) is 11.3 Å². The highest BCUT2D eigenvalue weighted by atomic mass is 16.4. The molecule has 1 amide bonds. The van der Waals surface area contributed by atoms with E-state index in [4.69, 9.17) is 9.52 Å². The van der Waals surface area contributed by atoms with E-state index >= 15 is 0 Å². The molecule has 6 heteroatoms. The smallest absolute Gasteiger partial charge is 0.308 e. The molecule has 0 saturated heterocycles. The fourth-order valence-corrected chi connectivity index (χ4v) is 2.85. The Morgan fingerprint density at radius 1 is 1.31 bits per heavy atom. The molecule has 1 heterocycles. The van der Waals surface area contributed by atoms with Crippen LogP contribution in [0.4, 0.5) is 0 Å². The van der Waals surface area contributed by atoms with Crippen LogP contribution in [0, 0.1) is 12.8 Å². The average molecular weight is 356 g/mol. The van der Waals surface area contributed by atoms with Gasteiger partial charge < -0.3 is 14.4 Å². The van der Waals surface area contributed by atoms with Gasteiger partial charge in [0.1, 0.15) is 0 Å². The molecule has 138 valence electrons. The third-order valence-corrected chi connectivity index (χ3v) is 4.64. The lowest BCUT2D eigenvalue weighted by Crippen LogP contribution is -2.38. The quantitative estimate of drug-likeness (QED) is 0.784. The number of oxazole rings is 1. The van der Waals surface area contributed by atoms with Gasteiger partial charge in [0.05, 0.1) is 12.1 Å². The van der Waals surface area contributed by atoms with Crippen molar-refractivity contribution >= 4 is 11.9 Å². The van der Waals surface area contributed by atoms with E-state index in [0.717, 1.165) is 18.4 Å². The van der Waals surface area contributed by atoms with E-state index in [1.807, 2.05) is 31.2 Å². The van der Waals surface area contributed by atoms with Crippen LogP contribution in [-0.4, -0.2) is 39.5 Å². The number of benzene rings is 1. The number of carboxylic acid groups (broad SMARTS) is 1. The van der Waals surface area contributed by atoms with Gasteiger partial charge in [-0.1, -0.05) is 36.8 Å². The van der Waals surface area contributed by atoms with Crippen molar-refractivity contribution in [2.24, 2.45) is 5.92 Å². The Hall–Kier alpha value is -2.63. The first-order chi connectivity index (χ1) is 12.4. The molecule has 1 aliphatic carbocycles. The van der Waals surface area contributed by atoms with Crippen molar-refractivity contribution in [1.82, 2.24) is 9.88 Å². The molecular formula is C20H24N2O4. The number of hydrogen-bond donors (Lipinski definition) is 1. The van der Waals surface area contributed by atoms with E-state index in [0.29, 0.717) is 18.1 Å². The predicted octanol–water partition coefficient (Wildman–Crippen LogP) is 3.29. The molecular weight excluding hydrogens is 332 g/mol. The predicted molar refractivity (Wildman–Crippen MR) is 96.5 cm³/mol. The molecule has 3 rings (SSSR count). The van der Waals surface area contributed by atoms with Crippen LogP contribution in [0.15, 0.2) is 34.9 Å². The van der Waals surface area contributed by atoms with Gasteiger partial charge in [0.25, 0.3) is 0 Å². The van der Waals surface area contributed by atoms with Crippen LogP contribution in [0.3, 0.4) is 0 Å². The van der Waals surface area contributed by atoms with Crippen molar-refractivity contribution in [2.45, 2.75) is 45.6 Å². The second-order valence-electron chi connectivity index (χ2n) is 7.00.